The molecule has 0 saturated heterocycles. The van der Waals surface area contributed by atoms with E-state index in [1.165, 1.54) is 28.5 Å². The van der Waals surface area contributed by atoms with Crippen molar-refractivity contribution >= 4 is 34.9 Å². The van der Waals surface area contributed by atoms with Crippen LogP contribution in [0.25, 0.3) is 0 Å². The van der Waals surface area contributed by atoms with Gasteiger partial charge in [-0.25, -0.2) is 14.2 Å². The van der Waals surface area contributed by atoms with E-state index in [4.69, 9.17) is 5.11 Å². The number of halogens is 3. The summed E-state index contributed by atoms with van der Waals surface area (Å²) in [5.41, 5.74) is 0.0124. The Morgan fingerprint density at radius 3 is 2.83 bits per heavy atom. The molecule has 1 saturated carbocycles. The predicted molar refractivity (Wildman–Crippen MR) is 105 cm³/mol. The molecule has 29 heavy (non-hydrogen) atoms. The molecular formula is C19H22F3NO4S2. The van der Waals surface area contributed by atoms with Gasteiger partial charge in [-0.15, -0.1) is 11.3 Å². The number of aromatic nitrogens is 1. The SMILES string of the molecule is O=C(O)c1csc(SCCC2C(=O)CC[C@@H]2/C=C/C[C@@H](O)CCC(F)=C(F)F)n1. The van der Waals surface area contributed by atoms with Crippen molar-refractivity contribution in [2.45, 2.75) is 49.0 Å². The van der Waals surface area contributed by atoms with Gasteiger partial charge in [-0.1, -0.05) is 23.9 Å². The first kappa shape index (κ1) is 23.6. The van der Waals surface area contributed by atoms with Gasteiger partial charge in [0.15, 0.2) is 15.9 Å². The summed E-state index contributed by atoms with van der Waals surface area (Å²) < 4.78 is 37.4. The first-order valence-electron chi connectivity index (χ1n) is 9.16. The molecule has 0 spiro atoms. The van der Waals surface area contributed by atoms with E-state index in [2.05, 4.69) is 4.98 Å². The second-order valence-electron chi connectivity index (χ2n) is 6.74. The second kappa shape index (κ2) is 11.5. The van der Waals surface area contributed by atoms with E-state index in [0.29, 0.717) is 29.4 Å². The lowest BCUT2D eigenvalue weighted by Gasteiger charge is -2.14. The van der Waals surface area contributed by atoms with Gasteiger partial charge in [0.25, 0.3) is 0 Å². The van der Waals surface area contributed by atoms with Gasteiger partial charge in [-0.3, -0.25) is 4.79 Å². The predicted octanol–water partition coefficient (Wildman–Crippen LogP) is 5.08. The Morgan fingerprint density at radius 1 is 1.41 bits per heavy atom. The molecule has 0 aromatic carbocycles. The third kappa shape index (κ3) is 7.60. The molecule has 2 N–H and O–H groups in total. The molecule has 1 aliphatic carbocycles. The molecule has 5 nitrogen and oxygen atoms in total. The highest BCUT2D eigenvalue weighted by Crippen LogP contribution is 2.35. The van der Waals surface area contributed by atoms with Crippen LogP contribution in [0.1, 0.15) is 49.0 Å². The largest absolute Gasteiger partial charge is 0.476 e. The fraction of sp³-hybridized carbons (Fsp3) is 0.526. The van der Waals surface area contributed by atoms with Gasteiger partial charge in [-0.05, 0) is 31.6 Å². The van der Waals surface area contributed by atoms with Crippen LogP contribution in [0.5, 0.6) is 0 Å². The molecule has 1 heterocycles. The Bertz CT molecular complexity index is 777. The summed E-state index contributed by atoms with van der Waals surface area (Å²) in [6, 6.07) is 0. The van der Waals surface area contributed by atoms with Crippen molar-refractivity contribution in [3.8, 4) is 0 Å². The molecule has 0 bridgehead atoms. The molecule has 1 unspecified atom stereocenters. The lowest BCUT2D eigenvalue weighted by atomic mass is 9.92. The fourth-order valence-corrected chi connectivity index (χ4v) is 5.04. The van der Waals surface area contributed by atoms with Crippen LogP contribution in [0.3, 0.4) is 0 Å². The van der Waals surface area contributed by atoms with Crippen molar-refractivity contribution in [2.75, 3.05) is 5.75 Å². The van der Waals surface area contributed by atoms with Crippen molar-refractivity contribution in [3.05, 3.63) is 35.1 Å². The van der Waals surface area contributed by atoms with E-state index in [0.717, 1.165) is 0 Å². The number of Topliss-reactive ketones (excluding diaryl/α,β-unsaturated/α-hetero) is 1. The number of carboxylic acid groups (broad SMARTS) is 1. The minimum atomic E-state index is -2.35. The molecule has 1 fully saturated rings. The first-order valence-corrected chi connectivity index (χ1v) is 11.0. The zero-order valence-corrected chi connectivity index (χ0v) is 17.2. The van der Waals surface area contributed by atoms with Crippen LogP contribution < -0.4 is 0 Å². The van der Waals surface area contributed by atoms with Crippen LogP contribution in [0, 0.1) is 11.8 Å². The van der Waals surface area contributed by atoms with E-state index >= 15 is 0 Å². The molecule has 2 rings (SSSR count). The number of carbonyl (C=O) groups excluding carboxylic acids is 1. The Kier molecular flexibility index (Phi) is 9.38. The maximum atomic E-state index is 12.8. The molecular weight excluding hydrogens is 427 g/mol. The summed E-state index contributed by atoms with van der Waals surface area (Å²) in [5, 5.41) is 20.1. The smallest absolute Gasteiger partial charge is 0.355 e. The van der Waals surface area contributed by atoms with E-state index in [9.17, 15) is 27.9 Å². The Labute approximate surface area is 174 Å². The number of aromatic carboxylic acids is 1. The minimum absolute atomic E-state index is 0.0124. The van der Waals surface area contributed by atoms with Gasteiger partial charge in [0, 0.05) is 29.9 Å². The van der Waals surface area contributed by atoms with Crippen molar-refractivity contribution in [2.24, 2.45) is 11.8 Å². The average molecular weight is 450 g/mol. The molecule has 3 atom stereocenters. The number of nitrogens with zero attached hydrogens (tertiary/aromatic N) is 1. The minimum Gasteiger partial charge on any atom is -0.476 e. The van der Waals surface area contributed by atoms with Crippen molar-refractivity contribution in [1.82, 2.24) is 4.98 Å². The lowest BCUT2D eigenvalue weighted by Crippen LogP contribution is -2.14. The van der Waals surface area contributed by atoms with Crippen molar-refractivity contribution in [1.29, 1.82) is 0 Å². The van der Waals surface area contributed by atoms with Crippen LogP contribution in [0.15, 0.2) is 33.8 Å². The normalized spacial score (nSPS) is 20.3. The van der Waals surface area contributed by atoms with Gasteiger partial charge in [0.1, 0.15) is 5.78 Å². The van der Waals surface area contributed by atoms with Gasteiger partial charge in [0.2, 0.25) is 0 Å². The number of hydrogen-bond donors (Lipinski definition) is 2. The zero-order chi connectivity index (χ0) is 21.4. The average Bonchev–Trinajstić information content (AvgIpc) is 3.28. The Hall–Kier alpha value is -1.65. The zero-order valence-electron chi connectivity index (χ0n) is 15.5. The van der Waals surface area contributed by atoms with Gasteiger partial charge >= 0.3 is 12.0 Å². The standard InChI is InChI=1S/C19H22F3NO4S2/c20-14(17(21)22)6-5-12(24)3-1-2-11-4-7-16(25)13(11)8-9-28-19-23-15(10-29-19)18(26)27/h1-2,10-13,24H,3-9H2,(H,26,27)/b2-1+/t11-,12+,13?/m0/s1. The Balaban J connectivity index is 1.77. The summed E-state index contributed by atoms with van der Waals surface area (Å²) in [7, 11) is 0. The fourth-order valence-electron chi connectivity index (χ4n) is 3.15. The topological polar surface area (TPSA) is 87.5 Å². The number of carbonyl (C=O) groups is 2. The molecule has 1 aromatic heterocycles. The number of hydrogen-bond acceptors (Lipinski definition) is 6. The molecule has 0 radical (unpaired) electrons. The van der Waals surface area contributed by atoms with Crippen molar-refractivity contribution in [3.63, 3.8) is 0 Å². The quantitative estimate of drug-likeness (QED) is 0.362. The molecule has 1 aromatic rings. The summed E-state index contributed by atoms with van der Waals surface area (Å²) in [6.45, 7) is 0. The first-order chi connectivity index (χ1) is 13.8. The molecule has 160 valence electrons. The molecule has 0 amide bonds. The van der Waals surface area contributed by atoms with E-state index in [-0.39, 0.29) is 36.2 Å². The highest BCUT2D eigenvalue weighted by atomic mass is 32.2. The third-order valence-electron chi connectivity index (χ3n) is 4.70. The van der Waals surface area contributed by atoms with Gasteiger partial charge < -0.3 is 10.2 Å². The summed E-state index contributed by atoms with van der Waals surface area (Å²) in [6.07, 6.45) is 1.77. The number of rotatable bonds is 11. The number of ketones is 1. The summed E-state index contributed by atoms with van der Waals surface area (Å²) in [5.74, 6) is -1.85. The second-order valence-corrected chi connectivity index (χ2v) is 8.94. The van der Waals surface area contributed by atoms with Crippen LogP contribution in [0.2, 0.25) is 0 Å². The Morgan fingerprint density at radius 2 is 2.17 bits per heavy atom. The summed E-state index contributed by atoms with van der Waals surface area (Å²) in [4.78, 5) is 27.0. The lowest BCUT2D eigenvalue weighted by molar-refractivity contribution is -0.121. The van der Waals surface area contributed by atoms with Crippen LogP contribution in [-0.4, -0.2) is 38.8 Å². The molecule has 10 heteroatoms. The number of aliphatic hydroxyl groups is 1. The number of thioether (sulfide) groups is 1. The van der Waals surface area contributed by atoms with Crippen LogP contribution in [0.4, 0.5) is 13.2 Å². The number of carboxylic acids is 1. The van der Waals surface area contributed by atoms with Crippen molar-refractivity contribution < 1.29 is 33.0 Å². The van der Waals surface area contributed by atoms with E-state index in [1.54, 1.807) is 6.08 Å². The molecule has 0 aliphatic heterocycles. The third-order valence-corrected chi connectivity index (χ3v) is 6.76. The molecule has 1 aliphatic rings. The van der Waals surface area contributed by atoms with E-state index < -0.39 is 30.4 Å². The van der Waals surface area contributed by atoms with E-state index in [1.807, 2.05) is 6.08 Å². The maximum absolute atomic E-state index is 12.8. The maximum Gasteiger partial charge on any atom is 0.355 e. The van der Waals surface area contributed by atoms with Gasteiger partial charge in [-0.2, -0.15) is 8.78 Å². The monoisotopic (exact) mass is 449 g/mol. The highest BCUT2D eigenvalue weighted by molar-refractivity contribution is 8.01. The summed E-state index contributed by atoms with van der Waals surface area (Å²) >= 11 is 2.67. The van der Waals surface area contributed by atoms with Gasteiger partial charge in [0.05, 0.1) is 6.10 Å². The number of thiazole rings is 1. The number of aliphatic hydroxyl groups excluding tert-OH is 1. The van der Waals surface area contributed by atoms with Crippen LogP contribution >= 0.6 is 23.1 Å². The number of allylic oxidation sites excluding steroid dienone is 2. The highest BCUT2D eigenvalue weighted by Gasteiger charge is 2.32. The van der Waals surface area contributed by atoms with Crippen LogP contribution in [-0.2, 0) is 4.79 Å².